The van der Waals surface area contributed by atoms with E-state index in [1.54, 1.807) is 43.5 Å². The Kier molecular flexibility index (Phi) is 7.08. The molecule has 0 N–H and O–H groups in total. The van der Waals surface area contributed by atoms with E-state index < -0.39 is 0 Å². The number of hydrogen-bond acceptors (Lipinski definition) is 3. The lowest BCUT2D eigenvalue weighted by molar-refractivity contribution is 0.0958. The summed E-state index contributed by atoms with van der Waals surface area (Å²) in [6.45, 7) is 2.49. The Balaban J connectivity index is 1.52. The van der Waals surface area contributed by atoms with Crippen molar-refractivity contribution in [2.45, 2.75) is 25.4 Å². The van der Waals surface area contributed by atoms with Gasteiger partial charge in [-0.25, -0.2) is 4.39 Å². The molecule has 3 aromatic carbocycles. The fourth-order valence-electron chi connectivity index (χ4n) is 4.17. The van der Waals surface area contributed by atoms with Gasteiger partial charge in [-0.1, -0.05) is 29.8 Å². The molecule has 0 bridgehead atoms. The number of carbonyl (C=O) groups is 1. The monoisotopic (exact) mass is 452 g/mol. The van der Waals surface area contributed by atoms with Crippen LogP contribution in [0.2, 0.25) is 5.02 Å². The quantitative estimate of drug-likeness (QED) is 0.474. The van der Waals surface area contributed by atoms with Crippen molar-refractivity contribution in [3.63, 3.8) is 0 Å². The molecular formula is C26H26ClFN2O2. The first-order valence-electron chi connectivity index (χ1n) is 10.7. The lowest BCUT2D eigenvalue weighted by atomic mass is 10.00. The third-order valence-electron chi connectivity index (χ3n) is 5.93. The first-order valence-corrected chi connectivity index (χ1v) is 11.1. The van der Waals surface area contributed by atoms with Crippen LogP contribution in [-0.4, -0.2) is 37.0 Å². The molecule has 1 amide bonds. The van der Waals surface area contributed by atoms with Gasteiger partial charge in [0.05, 0.1) is 7.11 Å². The van der Waals surface area contributed by atoms with Gasteiger partial charge in [0, 0.05) is 41.9 Å². The summed E-state index contributed by atoms with van der Waals surface area (Å²) in [5.41, 5.74) is 2.39. The summed E-state index contributed by atoms with van der Waals surface area (Å²) >= 11 is 6.33. The van der Waals surface area contributed by atoms with E-state index in [0.29, 0.717) is 17.0 Å². The molecule has 0 spiro atoms. The Hall–Kier alpha value is -2.89. The Morgan fingerprint density at radius 1 is 1.03 bits per heavy atom. The Morgan fingerprint density at radius 2 is 1.69 bits per heavy atom. The summed E-state index contributed by atoms with van der Waals surface area (Å²) in [5, 5.41) is 0.775. The van der Waals surface area contributed by atoms with Crippen molar-refractivity contribution in [3.05, 3.63) is 94.8 Å². The maximum Gasteiger partial charge on any atom is 0.258 e. The van der Waals surface area contributed by atoms with Crippen LogP contribution in [0.4, 0.5) is 10.1 Å². The lowest BCUT2D eigenvalue weighted by Crippen LogP contribution is -2.47. The van der Waals surface area contributed by atoms with Crippen molar-refractivity contribution >= 4 is 23.2 Å². The molecule has 0 unspecified atom stereocenters. The van der Waals surface area contributed by atoms with Gasteiger partial charge in [-0.05, 0) is 73.0 Å². The molecule has 0 atom stereocenters. The van der Waals surface area contributed by atoms with Crippen LogP contribution in [0.25, 0.3) is 0 Å². The van der Waals surface area contributed by atoms with E-state index in [1.165, 1.54) is 12.1 Å². The van der Waals surface area contributed by atoms with Crippen molar-refractivity contribution in [1.82, 2.24) is 4.90 Å². The van der Waals surface area contributed by atoms with E-state index in [0.717, 1.165) is 43.1 Å². The predicted molar refractivity (Wildman–Crippen MR) is 126 cm³/mol. The van der Waals surface area contributed by atoms with Crippen molar-refractivity contribution in [2.75, 3.05) is 25.1 Å². The van der Waals surface area contributed by atoms with Gasteiger partial charge in [-0.3, -0.25) is 9.69 Å². The van der Waals surface area contributed by atoms with Crippen LogP contribution in [0.15, 0.2) is 72.8 Å². The predicted octanol–water partition coefficient (Wildman–Crippen LogP) is 5.80. The van der Waals surface area contributed by atoms with Crippen LogP contribution in [0.5, 0.6) is 5.75 Å². The second-order valence-electron chi connectivity index (χ2n) is 7.98. The number of likely N-dealkylation sites (tertiary alicyclic amines) is 1. The molecular weight excluding hydrogens is 427 g/mol. The molecule has 3 aromatic rings. The largest absolute Gasteiger partial charge is 0.497 e. The first kappa shape index (κ1) is 22.3. The van der Waals surface area contributed by atoms with Gasteiger partial charge in [-0.15, -0.1) is 0 Å². The summed E-state index contributed by atoms with van der Waals surface area (Å²) < 4.78 is 18.8. The molecule has 1 heterocycles. The van der Waals surface area contributed by atoms with Gasteiger partial charge < -0.3 is 9.64 Å². The van der Waals surface area contributed by atoms with Crippen molar-refractivity contribution in [2.24, 2.45) is 0 Å². The highest BCUT2D eigenvalue weighted by atomic mass is 35.5. The SMILES string of the molecule is COc1ccc(C(=O)N(c2ccc(F)cc2)C2CCN(Cc3ccccc3Cl)CC2)cc1. The second kappa shape index (κ2) is 10.2. The molecule has 1 saturated heterocycles. The Morgan fingerprint density at radius 3 is 2.31 bits per heavy atom. The fraction of sp³-hybridized carbons (Fsp3) is 0.269. The number of halogens is 2. The minimum Gasteiger partial charge on any atom is -0.497 e. The lowest BCUT2D eigenvalue weighted by Gasteiger charge is -2.38. The number of benzene rings is 3. The van der Waals surface area contributed by atoms with Gasteiger partial charge in [0.15, 0.2) is 0 Å². The summed E-state index contributed by atoms with van der Waals surface area (Å²) in [6, 6.07) is 21.2. The number of piperidine rings is 1. The zero-order valence-corrected chi connectivity index (χ0v) is 18.8. The summed E-state index contributed by atoms with van der Waals surface area (Å²) in [7, 11) is 1.60. The average molecular weight is 453 g/mol. The van der Waals surface area contributed by atoms with E-state index >= 15 is 0 Å². The van der Waals surface area contributed by atoms with Crippen molar-refractivity contribution in [3.8, 4) is 5.75 Å². The van der Waals surface area contributed by atoms with E-state index in [2.05, 4.69) is 4.90 Å². The highest BCUT2D eigenvalue weighted by Gasteiger charge is 2.30. The zero-order valence-electron chi connectivity index (χ0n) is 18.0. The first-order chi connectivity index (χ1) is 15.5. The number of nitrogens with zero attached hydrogens (tertiary/aromatic N) is 2. The molecule has 32 heavy (non-hydrogen) atoms. The zero-order chi connectivity index (χ0) is 22.5. The average Bonchev–Trinajstić information content (AvgIpc) is 2.83. The Labute approximate surface area is 193 Å². The smallest absolute Gasteiger partial charge is 0.258 e. The maximum absolute atomic E-state index is 13.6. The molecule has 1 fully saturated rings. The number of rotatable bonds is 6. The second-order valence-corrected chi connectivity index (χ2v) is 8.39. The van der Waals surface area contributed by atoms with Gasteiger partial charge in [0.1, 0.15) is 11.6 Å². The third-order valence-corrected chi connectivity index (χ3v) is 6.30. The number of hydrogen-bond donors (Lipinski definition) is 0. The standard InChI is InChI=1S/C26H26ClFN2O2/c1-32-24-12-6-19(7-13-24)26(31)30(22-10-8-21(28)9-11-22)23-14-16-29(17-15-23)18-20-4-2-3-5-25(20)27/h2-13,23H,14-18H2,1H3. The molecule has 1 aliphatic heterocycles. The fourth-order valence-corrected chi connectivity index (χ4v) is 4.37. The van der Waals surface area contributed by atoms with Crippen LogP contribution in [-0.2, 0) is 6.54 Å². The van der Waals surface area contributed by atoms with Crippen LogP contribution in [0.1, 0.15) is 28.8 Å². The van der Waals surface area contributed by atoms with Crippen LogP contribution in [0.3, 0.4) is 0 Å². The number of methoxy groups -OCH3 is 1. The number of ether oxygens (including phenoxy) is 1. The molecule has 0 aliphatic carbocycles. The van der Waals surface area contributed by atoms with E-state index in [9.17, 15) is 9.18 Å². The highest BCUT2D eigenvalue weighted by molar-refractivity contribution is 6.31. The van der Waals surface area contributed by atoms with Gasteiger partial charge in [0.2, 0.25) is 0 Å². The minimum atomic E-state index is -0.319. The molecule has 0 radical (unpaired) electrons. The summed E-state index contributed by atoms with van der Waals surface area (Å²) in [6.07, 6.45) is 1.65. The molecule has 166 valence electrons. The minimum absolute atomic E-state index is 0.0255. The van der Waals surface area contributed by atoms with E-state index in [1.807, 2.05) is 29.2 Å². The maximum atomic E-state index is 13.6. The molecule has 4 rings (SSSR count). The number of amides is 1. The topological polar surface area (TPSA) is 32.8 Å². The normalized spacial score (nSPS) is 14.8. The van der Waals surface area contributed by atoms with Crippen LogP contribution >= 0.6 is 11.6 Å². The van der Waals surface area contributed by atoms with Crippen LogP contribution in [0, 0.1) is 5.82 Å². The summed E-state index contributed by atoms with van der Waals surface area (Å²) in [5.74, 6) is 0.284. The molecule has 6 heteroatoms. The van der Waals surface area contributed by atoms with Crippen LogP contribution < -0.4 is 9.64 Å². The van der Waals surface area contributed by atoms with Gasteiger partial charge in [-0.2, -0.15) is 0 Å². The molecule has 0 aromatic heterocycles. The van der Waals surface area contributed by atoms with Crippen molar-refractivity contribution < 1.29 is 13.9 Å². The van der Waals surface area contributed by atoms with E-state index in [4.69, 9.17) is 16.3 Å². The van der Waals surface area contributed by atoms with Gasteiger partial charge in [0.25, 0.3) is 5.91 Å². The van der Waals surface area contributed by atoms with E-state index in [-0.39, 0.29) is 17.8 Å². The Bertz CT molecular complexity index is 1050. The molecule has 1 aliphatic rings. The number of carbonyl (C=O) groups excluding carboxylic acids is 1. The van der Waals surface area contributed by atoms with Crippen molar-refractivity contribution in [1.29, 1.82) is 0 Å². The third kappa shape index (κ3) is 5.12. The molecule has 4 nitrogen and oxygen atoms in total. The highest BCUT2D eigenvalue weighted by Crippen LogP contribution is 2.28. The molecule has 0 saturated carbocycles. The number of anilines is 1. The summed E-state index contributed by atoms with van der Waals surface area (Å²) in [4.78, 5) is 17.7. The van der Waals surface area contributed by atoms with Gasteiger partial charge >= 0.3 is 0 Å².